The number of fused-ring (bicyclic) bond motifs is 1. The molecule has 0 bridgehead atoms. The maximum atomic E-state index is 5.37. The molecule has 7 nitrogen and oxygen atoms in total. The lowest BCUT2D eigenvalue weighted by molar-refractivity contribution is 0.354. The number of rotatable bonds is 6. The Kier molecular flexibility index (Phi) is 4.80. The predicted molar refractivity (Wildman–Crippen MR) is 108 cm³/mol. The molecule has 1 N–H and O–H groups in total. The van der Waals surface area contributed by atoms with Crippen LogP contribution in [-0.4, -0.2) is 34.0 Å². The summed E-state index contributed by atoms with van der Waals surface area (Å²) < 4.78 is 12.5. The van der Waals surface area contributed by atoms with Crippen molar-refractivity contribution in [3.63, 3.8) is 0 Å². The van der Waals surface area contributed by atoms with Crippen molar-refractivity contribution in [2.45, 2.75) is 13.5 Å². The maximum Gasteiger partial charge on any atom is 0.168 e. The topological polar surface area (TPSA) is 74.1 Å². The molecule has 0 fully saturated rings. The fourth-order valence-electron chi connectivity index (χ4n) is 3.11. The lowest BCUT2D eigenvalue weighted by Crippen LogP contribution is -2.04. The van der Waals surface area contributed by atoms with Gasteiger partial charge >= 0.3 is 0 Å². The molecule has 4 aromatic rings. The molecule has 2 aromatic heterocycles. The minimum Gasteiger partial charge on any atom is -0.493 e. The van der Waals surface area contributed by atoms with Crippen LogP contribution in [0.4, 0.5) is 5.82 Å². The second-order valence-corrected chi connectivity index (χ2v) is 6.40. The summed E-state index contributed by atoms with van der Waals surface area (Å²) in [6.45, 7) is 2.64. The molecular formula is C21H21N5O2. The third kappa shape index (κ3) is 3.34. The molecule has 0 amide bonds. The highest BCUT2D eigenvalue weighted by Gasteiger charge is 2.12. The first-order valence-corrected chi connectivity index (χ1v) is 8.90. The molecule has 0 unspecified atom stereocenters. The van der Waals surface area contributed by atoms with Gasteiger partial charge < -0.3 is 14.8 Å². The molecule has 0 atom stereocenters. The fourth-order valence-corrected chi connectivity index (χ4v) is 3.11. The van der Waals surface area contributed by atoms with Gasteiger partial charge in [-0.1, -0.05) is 18.2 Å². The van der Waals surface area contributed by atoms with Crippen molar-refractivity contribution < 1.29 is 9.47 Å². The summed E-state index contributed by atoms with van der Waals surface area (Å²) in [5, 5.41) is 8.74. The molecule has 0 radical (unpaired) electrons. The predicted octanol–water partition coefficient (Wildman–Crippen LogP) is 3.75. The number of benzene rings is 2. The maximum absolute atomic E-state index is 5.37. The third-order valence-corrected chi connectivity index (χ3v) is 4.52. The van der Waals surface area contributed by atoms with Gasteiger partial charge in [0.2, 0.25) is 0 Å². The smallest absolute Gasteiger partial charge is 0.168 e. The van der Waals surface area contributed by atoms with Gasteiger partial charge in [0.1, 0.15) is 12.1 Å². The number of ether oxygens (including phenoxy) is 2. The van der Waals surface area contributed by atoms with Gasteiger partial charge in [-0.05, 0) is 42.3 Å². The summed E-state index contributed by atoms with van der Waals surface area (Å²) in [4.78, 5) is 8.82. The van der Waals surface area contributed by atoms with Crippen LogP contribution >= 0.6 is 0 Å². The zero-order valence-corrected chi connectivity index (χ0v) is 16.0. The monoisotopic (exact) mass is 375 g/mol. The van der Waals surface area contributed by atoms with E-state index in [0.717, 1.165) is 28.1 Å². The number of aromatic nitrogens is 4. The Morgan fingerprint density at radius 2 is 1.86 bits per heavy atom. The van der Waals surface area contributed by atoms with Gasteiger partial charge in [0.25, 0.3) is 0 Å². The zero-order valence-electron chi connectivity index (χ0n) is 16.0. The number of hydrogen-bond acceptors (Lipinski definition) is 6. The Morgan fingerprint density at radius 1 is 1.00 bits per heavy atom. The largest absolute Gasteiger partial charge is 0.493 e. The van der Waals surface area contributed by atoms with E-state index in [0.29, 0.717) is 18.0 Å². The van der Waals surface area contributed by atoms with Crippen LogP contribution in [0.15, 0.2) is 55.0 Å². The Bertz CT molecular complexity index is 1120. The second-order valence-electron chi connectivity index (χ2n) is 6.40. The molecule has 142 valence electrons. The van der Waals surface area contributed by atoms with Crippen LogP contribution in [0.5, 0.6) is 11.5 Å². The van der Waals surface area contributed by atoms with E-state index in [1.807, 2.05) is 35.0 Å². The van der Waals surface area contributed by atoms with E-state index in [9.17, 15) is 0 Å². The Morgan fingerprint density at radius 3 is 2.64 bits per heavy atom. The van der Waals surface area contributed by atoms with Crippen LogP contribution in [0.2, 0.25) is 0 Å². The molecule has 28 heavy (non-hydrogen) atoms. The highest BCUT2D eigenvalue weighted by atomic mass is 16.5. The summed E-state index contributed by atoms with van der Waals surface area (Å²) >= 11 is 0. The minimum absolute atomic E-state index is 0.585. The quantitative estimate of drug-likeness (QED) is 0.553. The van der Waals surface area contributed by atoms with E-state index in [1.165, 1.54) is 5.56 Å². The number of hydrogen-bond donors (Lipinski definition) is 1. The molecule has 4 rings (SSSR count). The van der Waals surface area contributed by atoms with Crippen LogP contribution in [0, 0.1) is 6.92 Å². The van der Waals surface area contributed by atoms with Crippen molar-refractivity contribution >= 4 is 16.9 Å². The third-order valence-electron chi connectivity index (χ3n) is 4.52. The Labute approximate surface area is 163 Å². The summed E-state index contributed by atoms with van der Waals surface area (Å²) in [7, 11) is 3.25. The van der Waals surface area contributed by atoms with Gasteiger partial charge in [-0.15, -0.1) is 0 Å². The van der Waals surface area contributed by atoms with Crippen LogP contribution in [-0.2, 0) is 6.54 Å². The summed E-state index contributed by atoms with van der Waals surface area (Å²) in [5.74, 6) is 2.13. The number of nitrogens with one attached hydrogen (secondary N) is 1. The van der Waals surface area contributed by atoms with Gasteiger partial charge in [0.15, 0.2) is 17.1 Å². The van der Waals surface area contributed by atoms with Gasteiger partial charge in [-0.2, -0.15) is 5.10 Å². The van der Waals surface area contributed by atoms with Gasteiger partial charge in [0.05, 0.1) is 31.5 Å². The molecule has 0 aliphatic carbocycles. The van der Waals surface area contributed by atoms with Gasteiger partial charge in [-0.3, -0.25) is 0 Å². The standard InChI is InChI=1S/C21H21N5O2/c1-14-5-4-6-16(9-14)26-21-17(12-25-26)20(23-13-24-21)22-11-15-7-8-18(27-2)19(10-15)28-3/h4-10,12-13H,11H2,1-3H3,(H,22,23,24). The molecule has 2 aromatic carbocycles. The van der Waals surface area contributed by atoms with Crippen molar-refractivity contribution in [1.29, 1.82) is 0 Å². The average molecular weight is 375 g/mol. The SMILES string of the molecule is COc1ccc(CNc2ncnc3c2cnn3-c2cccc(C)c2)cc1OC. The van der Waals surface area contributed by atoms with Gasteiger partial charge in [-0.25, -0.2) is 14.6 Å². The summed E-state index contributed by atoms with van der Waals surface area (Å²) in [6, 6.07) is 14.0. The van der Waals surface area contributed by atoms with E-state index in [2.05, 4.69) is 39.4 Å². The van der Waals surface area contributed by atoms with Crippen LogP contribution in [0.25, 0.3) is 16.7 Å². The van der Waals surface area contributed by atoms with Crippen molar-refractivity contribution in [2.75, 3.05) is 19.5 Å². The van der Waals surface area contributed by atoms with Crippen molar-refractivity contribution in [2.24, 2.45) is 0 Å². The number of nitrogens with zero attached hydrogens (tertiary/aromatic N) is 4. The summed E-state index contributed by atoms with van der Waals surface area (Å²) in [5.41, 5.74) is 3.95. The Hall–Kier alpha value is -3.61. The lowest BCUT2D eigenvalue weighted by Gasteiger charge is -2.11. The summed E-state index contributed by atoms with van der Waals surface area (Å²) in [6.07, 6.45) is 3.34. The minimum atomic E-state index is 0.585. The first-order chi connectivity index (χ1) is 13.7. The number of aryl methyl sites for hydroxylation is 1. The zero-order chi connectivity index (χ0) is 19.5. The average Bonchev–Trinajstić information content (AvgIpc) is 3.16. The van der Waals surface area contributed by atoms with Crippen molar-refractivity contribution in [3.8, 4) is 17.2 Å². The second kappa shape index (κ2) is 7.56. The van der Waals surface area contributed by atoms with Crippen LogP contribution in [0.3, 0.4) is 0 Å². The van der Waals surface area contributed by atoms with Crippen LogP contribution < -0.4 is 14.8 Å². The molecule has 7 heteroatoms. The molecular weight excluding hydrogens is 354 g/mol. The highest BCUT2D eigenvalue weighted by molar-refractivity contribution is 5.87. The van der Waals surface area contributed by atoms with E-state index < -0.39 is 0 Å². The first kappa shape index (κ1) is 17.8. The van der Waals surface area contributed by atoms with E-state index >= 15 is 0 Å². The number of anilines is 1. The van der Waals surface area contributed by atoms with Gasteiger partial charge in [0, 0.05) is 6.54 Å². The molecule has 0 saturated heterocycles. The molecule has 0 aliphatic heterocycles. The first-order valence-electron chi connectivity index (χ1n) is 8.90. The molecule has 0 saturated carbocycles. The highest BCUT2D eigenvalue weighted by Crippen LogP contribution is 2.28. The lowest BCUT2D eigenvalue weighted by atomic mass is 10.2. The Balaban J connectivity index is 1.62. The fraction of sp³-hybridized carbons (Fsp3) is 0.190. The number of methoxy groups -OCH3 is 2. The van der Waals surface area contributed by atoms with Crippen LogP contribution in [0.1, 0.15) is 11.1 Å². The normalized spacial score (nSPS) is 10.8. The molecule has 2 heterocycles. The molecule has 0 spiro atoms. The van der Waals surface area contributed by atoms with Crippen molar-refractivity contribution in [3.05, 3.63) is 66.1 Å². The molecule has 0 aliphatic rings. The van der Waals surface area contributed by atoms with E-state index in [-0.39, 0.29) is 0 Å². The van der Waals surface area contributed by atoms with E-state index in [4.69, 9.17) is 9.47 Å². The van der Waals surface area contributed by atoms with E-state index in [1.54, 1.807) is 26.7 Å². The van der Waals surface area contributed by atoms with Crippen molar-refractivity contribution in [1.82, 2.24) is 19.7 Å².